The standard InChI is InChI=1S/C18H25N3O3/c1-11(19-18(23)20-12(2)16-4-3-9-24-16)13-5-7-15-14(10-13)6-8-17(22)21-15/h5,7,10-12,16H,3-4,6,8-9H2,1-2H3,(H,21,22)(H2,19,20,23)/t11-,12+,16+/m0/s1. The van der Waals surface area contributed by atoms with Crippen LogP contribution in [0.4, 0.5) is 10.5 Å². The molecule has 2 aliphatic rings. The lowest BCUT2D eigenvalue weighted by Gasteiger charge is -2.23. The highest BCUT2D eigenvalue weighted by Gasteiger charge is 2.24. The fourth-order valence-electron chi connectivity index (χ4n) is 3.29. The summed E-state index contributed by atoms with van der Waals surface area (Å²) in [5, 5.41) is 8.80. The zero-order chi connectivity index (χ0) is 17.1. The van der Waals surface area contributed by atoms with Gasteiger partial charge in [-0.2, -0.15) is 0 Å². The summed E-state index contributed by atoms with van der Waals surface area (Å²) in [6.07, 6.45) is 3.41. The Bertz CT molecular complexity index is 626. The number of benzene rings is 1. The second-order valence-corrected chi connectivity index (χ2v) is 6.64. The largest absolute Gasteiger partial charge is 0.376 e. The molecule has 0 saturated carbocycles. The highest BCUT2D eigenvalue weighted by molar-refractivity contribution is 5.93. The quantitative estimate of drug-likeness (QED) is 0.793. The minimum absolute atomic E-state index is 0.00144. The van der Waals surface area contributed by atoms with Crippen LogP contribution >= 0.6 is 0 Å². The molecule has 3 amide bonds. The van der Waals surface area contributed by atoms with Crippen LogP contribution in [0.15, 0.2) is 18.2 Å². The normalized spacial score (nSPS) is 22.2. The summed E-state index contributed by atoms with van der Waals surface area (Å²) in [6.45, 7) is 4.71. The Morgan fingerprint density at radius 1 is 1.29 bits per heavy atom. The maximum absolute atomic E-state index is 12.2. The van der Waals surface area contributed by atoms with Crippen molar-refractivity contribution in [1.29, 1.82) is 0 Å². The molecule has 3 atom stereocenters. The van der Waals surface area contributed by atoms with Crippen LogP contribution in [0, 0.1) is 0 Å². The fraction of sp³-hybridized carbons (Fsp3) is 0.556. The third-order valence-electron chi connectivity index (χ3n) is 4.75. The zero-order valence-corrected chi connectivity index (χ0v) is 14.2. The van der Waals surface area contributed by atoms with E-state index in [1.165, 1.54) is 0 Å². The number of carbonyl (C=O) groups excluding carboxylic acids is 2. The number of anilines is 1. The Labute approximate surface area is 142 Å². The lowest BCUT2D eigenvalue weighted by Crippen LogP contribution is -2.46. The van der Waals surface area contributed by atoms with Gasteiger partial charge in [0.1, 0.15) is 0 Å². The molecule has 1 aromatic rings. The number of fused-ring (bicyclic) bond motifs is 1. The average Bonchev–Trinajstić information content (AvgIpc) is 3.08. The predicted molar refractivity (Wildman–Crippen MR) is 91.9 cm³/mol. The van der Waals surface area contributed by atoms with Gasteiger partial charge in [-0.25, -0.2) is 4.79 Å². The van der Waals surface area contributed by atoms with Gasteiger partial charge in [0.05, 0.1) is 18.2 Å². The first-order valence-electron chi connectivity index (χ1n) is 8.64. The highest BCUT2D eigenvalue weighted by Crippen LogP contribution is 2.26. The highest BCUT2D eigenvalue weighted by atomic mass is 16.5. The van der Waals surface area contributed by atoms with Gasteiger partial charge in [0.2, 0.25) is 5.91 Å². The van der Waals surface area contributed by atoms with Gasteiger partial charge in [0, 0.05) is 18.7 Å². The molecule has 0 radical (unpaired) electrons. The van der Waals surface area contributed by atoms with Crippen LogP contribution in [0.25, 0.3) is 0 Å². The SMILES string of the molecule is C[C@H](NC(=O)N[C@H](C)[C@H]1CCCO1)c1ccc2c(c1)CCC(=O)N2. The van der Waals surface area contributed by atoms with Gasteiger partial charge >= 0.3 is 6.03 Å². The Hall–Kier alpha value is -2.08. The molecule has 130 valence electrons. The van der Waals surface area contributed by atoms with Gasteiger partial charge in [0.15, 0.2) is 0 Å². The molecular weight excluding hydrogens is 306 g/mol. The number of aryl methyl sites for hydroxylation is 1. The average molecular weight is 331 g/mol. The summed E-state index contributed by atoms with van der Waals surface area (Å²) in [5.41, 5.74) is 3.03. The minimum atomic E-state index is -0.184. The van der Waals surface area contributed by atoms with Crippen molar-refractivity contribution < 1.29 is 14.3 Å². The van der Waals surface area contributed by atoms with E-state index in [4.69, 9.17) is 4.74 Å². The smallest absolute Gasteiger partial charge is 0.315 e. The number of hydrogen-bond acceptors (Lipinski definition) is 3. The van der Waals surface area contributed by atoms with Crippen molar-refractivity contribution in [3.05, 3.63) is 29.3 Å². The van der Waals surface area contributed by atoms with Crippen molar-refractivity contribution in [2.24, 2.45) is 0 Å². The molecule has 0 aliphatic carbocycles. The van der Waals surface area contributed by atoms with Crippen LogP contribution in [0.5, 0.6) is 0 Å². The van der Waals surface area contributed by atoms with Crippen LogP contribution in [-0.4, -0.2) is 30.7 Å². The molecule has 0 bridgehead atoms. The zero-order valence-electron chi connectivity index (χ0n) is 14.2. The summed E-state index contributed by atoms with van der Waals surface area (Å²) in [7, 11) is 0. The molecule has 6 nitrogen and oxygen atoms in total. The van der Waals surface area contributed by atoms with E-state index >= 15 is 0 Å². The van der Waals surface area contributed by atoms with Crippen molar-refractivity contribution in [3.8, 4) is 0 Å². The van der Waals surface area contributed by atoms with E-state index in [2.05, 4.69) is 22.0 Å². The van der Waals surface area contributed by atoms with Crippen LogP contribution in [0.3, 0.4) is 0 Å². The molecular formula is C18H25N3O3. The van der Waals surface area contributed by atoms with E-state index in [0.29, 0.717) is 6.42 Å². The topological polar surface area (TPSA) is 79.5 Å². The van der Waals surface area contributed by atoms with Gasteiger partial charge in [0.25, 0.3) is 0 Å². The van der Waals surface area contributed by atoms with Crippen LogP contribution in [-0.2, 0) is 16.0 Å². The van der Waals surface area contributed by atoms with E-state index < -0.39 is 0 Å². The van der Waals surface area contributed by atoms with Crippen molar-refractivity contribution in [1.82, 2.24) is 10.6 Å². The fourth-order valence-corrected chi connectivity index (χ4v) is 3.29. The molecule has 0 aromatic heterocycles. The molecule has 3 N–H and O–H groups in total. The first-order chi connectivity index (χ1) is 11.5. The summed E-state index contributed by atoms with van der Waals surface area (Å²) in [4.78, 5) is 23.6. The number of ether oxygens (including phenoxy) is 1. The van der Waals surface area contributed by atoms with Crippen LogP contribution in [0.2, 0.25) is 0 Å². The van der Waals surface area contributed by atoms with Gasteiger partial charge in [-0.1, -0.05) is 12.1 Å². The summed E-state index contributed by atoms with van der Waals surface area (Å²) >= 11 is 0. The third-order valence-corrected chi connectivity index (χ3v) is 4.75. The first-order valence-corrected chi connectivity index (χ1v) is 8.64. The molecule has 2 aliphatic heterocycles. The van der Waals surface area contributed by atoms with Crippen molar-refractivity contribution in [3.63, 3.8) is 0 Å². The molecule has 0 unspecified atom stereocenters. The predicted octanol–water partition coefficient (Wildman–Crippen LogP) is 2.50. The molecule has 6 heteroatoms. The number of amides is 3. The molecule has 1 fully saturated rings. The number of rotatable bonds is 4. The van der Waals surface area contributed by atoms with Gasteiger partial charge in [-0.3, -0.25) is 4.79 Å². The molecule has 0 spiro atoms. The Balaban J connectivity index is 1.57. The van der Waals surface area contributed by atoms with Crippen LogP contribution in [0.1, 0.15) is 50.3 Å². The van der Waals surface area contributed by atoms with E-state index in [9.17, 15) is 9.59 Å². The molecule has 3 rings (SSSR count). The Kier molecular flexibility index (Phi) is 5.04. The third kappa shape index (κ3) is 3.87. The van der Waals surface area contributed by atoms with Crippen molar-refractivity contribution in [2.75, 3.05) is 11.9 Å². The van der Waals surface area contributed by atoms with E-state index in [1.807, 2.05) is 26.0 Å². The number of carbonyl (C=O) groups is 2. The van der Waals surface area contributed by atoms with Gasteiger partial charge < -0.3 is 20.7 Å². The summed E-state index contributed by atoms with van der Waals surface area (Å²) in [6, 6.07) is 5.62. The monoisotopic (exact) mass is 331 g/mol. The Morgan fingerprint density at radius 3 is 2.88 bits per heavy atom. The second-order valence-electron chi connectivity index (χ2n) is 6.64. The van der Waals surface area contributed by atoms with Crippen molar-refractivity contribution >= 4 is 17.6 Å². The molecule has 24 heavy (non-hydrogen) atoms. The molecule has 1 aromatic carbocycles. The summed E-state index contributed by atoms with van der Waals surface area (Å²) in [5.74, 6) is 0.0592. The first kappa shape index (κ1) is 16.8. The summed E-state index contributed by atoms with van der Waals surface area (Å²) < 4.78 is 5.60. The molecule has 1 saturated heterocycles. The number of hydrogen-bond donors (Lipinski definition) is 3. The van der Waals surface area contributed by atoms with E-state index in [1.54, 1.807) is 0 Å². The van der Waals surface area contributed by atoms with Crippen molar-refractivity contribution in [2.45, 2.75) is 57.7 Å². The van der Waals surface area contributed by atoms with Gasteiger partial charge in [-0.05, 0) is 50.3 Å². The lowest BCUT2D eigenvalue weighted by atomic mass is 9.98. The maximum Gasteiger partial charge on any atom is 0.315 e. The molecule has 2 heterocycles. The maximum atomic E-state index is 12.2. The number of nitrogens with one attached hydrogen (secondary N) is 3. The van der Waals surface area contributed by atoms with E-state index in [0.717, 1.165) is 42.7 Å². The van der Waals surface area contributed by atoms with Crippen LogP contribution < -0.4 is 16.0 Å². The van der Waals surface area contributed by atoms with E-state index in [-0.39, 0.29) is 30.1 Å². The van der Waals surface area contributed by atoms with Gasteiger partial charge in [-0.15, -0.1) is 0 Å². The second kappa shape index (κ2) is 7.21. The minimum Gasteiger partial charge on any atom is -0.376 e. The lowest BCUT2D eigenvalue weighted by molar-refractivity contribution is -0.116. The number of urea groups is 1. The Morgan fingerprint density at radius 2 is 2.12 bits per heavy atom.